The number of carbonyl (C=O) groups excluding carboxylic acids is 1. The molecule has 0 spiro atoms. The van der Waals surface area contributed by atoms with Gasteiger partial charge in [0.15, 0.2) is 0 Å². The Hall–Kier alpha value is -1.31. The van der Waals surface area contributed by atoms with E-state index in [0.717, 1.165) is 5.56 Å². The summed E-state index contributed by atoms with van der Waals surface area (Å²) < 4.78 is 4.81. The smallest absolute Gasteiger partial charge is 0.338 e. The molecule has 0 saturated heterocycles. The third-order valence-electron chi connectivity index (χ3n) is 1.48. The monoisotopic (exact) mass is 163 g/mol. The highest BCUT2D eigenvalue weighted by atomic mass is 16.5. The van der Waals surface area contributed by atoms with Crippen molar-refractivity contribution in [3.8, 4) is 0 Å². The molecular weight excluding hydrogens is 152 g/mol. The second-order valence-corrected chi connectivity index (χ2v) is 2.48. The minimum absolute atomic E-state index is 0.284. The molecule has 0 aliphatic heterocycles. The average molecular weight is 163 g/mol. The van der Waals surface area contributed by atoms with Crippen LogP contribution < -0.4 is 0 Å². The molecule has 63 valence electrons. The van der Waals surface area contributed by atoms with Gasteiger partial charge >= 0.3 is 5.97 Å². The maximum Gasteiger partial charge on any atom is 0.338 e. The van der Waals surface area contributed by atoms with Gasteiger partial charge in [0.25, 0.3) is 0 Å². The van der Waals surface area contributed by atoms with E-state index in [1.54, 1.807) is 19.1 Å². The third-order valence-corrected chi connectivity index (χ3v) is 1.48. The Morgan fingerprint density at radius 3 is 2.83 bits per heavy atom. The molecule has 2 nitrogen and oxygen atoms in total. The Bertz CT molecular complexity index is 262. The lowest BCUT2D eigenvalue weighted by molar-refractivity contribution is 0.0526. The van der Waals surface area contributed by atoms with Crippen molar-refractivity contribution < 1.29 is 9.53 Å². The predicted molar refractivity (Wildman–Crippen MR) is 46.0 cm³/mol. The van der Waals surface area contributed by atoms with Crippen LogP contribution in [0.25, 0.3) is 0 Å². The van der Waals surface area contributed by atoms with Crippen LogP contribution in [-0.4, -0.2) is 12.6 Å². The van der Waals surface area contributed by atoms with Crippen molar-refractivity contribution in [3.63, 3.8) is 0 Å². The van der Waals surface area contributed by atoms with Crippen molar-refractivity contribution in [1.29, 1.82) is 0 Å². The highest BCUT2D eigenvalue weighted by Gasteiger charge is 2.03. The van der Waals surface area contributed by atoms with E-state index in [2.05, 4.69) is 6.07 Å². The first-order chi connectivity index (χ1) is 5.74. The Labute approximate surface area is 72.2 Å². The topological polar surface area (TPSA) is 26.3 Å². The number of rotatable bonds is 2. The second-order valence-electron chi connectivity index (χ2n) is 2.48. The van der Waals surface area contributed by atoms with Gasteiger partial charge in [0.05, 0.1) is 12.2 Å². The molecular formula is C10H11O2. The van der Waals surface area contributed by atoms with Crippen molar-refractivity contribution in [3.05, 3.63) is 35.4 Å². The van der Waals surface area contributed by atoms with Gasteiger partial charge in [-0.1, -0.05) is 6.07 Å². The van der Waals surface area contributed by atoms with Crippen LogP contribution in [-0.2, 0) is 4.74 Å². The van der Waals surface area contributed by atoms with Gasteiger partial charge in [-0.25, -0.2) is 4.79 Å². The Balaban J connectivity index is 2.75. The van der Waals surface area contributed by atoms with Crippen LogP contribution in [0.2, 0.25) is 0 Å². The van der Waals surface area contributed by atoms with Crippen molar-refractivity contribution in [1.82, 2.24) is 0 Å². The normalized spacial score (nSPS) is 9.50. The maximum absolute atomic E-state index is 11.1. The molecule has 0 unspecified atom stereocenters. The summed E-state index contributed by atoms with van der Waals surface area (Å²) in [5, 5.41) is 0. The molecule has 1 rings (SSSR count). The second kappa shape index (κ2) is 3.90. The van der Waals surface area contributed by atoms with Crippen LogP contribution in [0.3, 0.4) is 0 Å². The SMILES string of the molecule is CCOC(=O)c1c[c]c(C)cc1. The Kier molecular flexibility index (Phi) is 2.86. The van der Waals surface area contributed by atoms with Crippen LogP contribution in [0.15, 0.2) is 18.2 Å². The number of aryl methyl sites for hydroxylation is 1. The summed E-state index contributed by atoms with van der Waals surface area (Å²) in [4.78, 5) is 11.1. The molecule has 0 fully saturated rings. The molecule has 0 aromatic heterocycles. The molecule has 0 amide bonds. The molecule has 0 bridgehead atoms. The largest absolute Gasteiger partial charge is 0.462 e. The molecule has 0 aliphatic carbocycles. The van der Waals surface area contributed by atoms with E-state index in [-0.39, 0.29) is 5.97 Å². The molecule has 1 aromatic carbocycles. The fourth-order valence-corrected chi connectivity index (χ4v) is 0.844. The van der Waals surface area contributed by atoms with E-state index in [0.29, 0.717) is 12.2 Å². The van der Waals surface area contributed by atoms with Gasteiger partial charge in [0.1, 0.15) is 0 Å². The lowest BCUT2D eigenvalue weighted by Gasteiger charge is -2.00. The van der Waals surface area contributed by atoms with Gasteiger partial charge in [-0.15, -0.1) is 0 Å². The molecule has 0 saturated carbocycles. The van der Waals surface area contributed by atoms with Crippen molar-refractivity contribution in [2.24, 2.45) is 0 Å². The van der Waals surface area contributed by atoms with Crippen molar-refractivity contribution in [2.45, 2.75) is 13.8 Å². The molecule has 0 heterocycles. The quantitative estimate of drug-likeness (QED) is 0.623. The number of hydrogen-bond donors (Lipinski definition) is 0. The van der Waals surface area contributed by atoms with Gasteiger partial charge in [-0.2, -0.15) is 0 Å². The summed E-state index contributed by atoms with van der Waals surface area (Å²) in [6.07, 6.45) is 0. The minimum Gasteiger partial charge on any atom is -0.462 e. The average Bonchev–Trinajstić information content (AvgIpc) is 2.06. The summed E-state index contributed by atoms with van der Waals surface area (Å²) in [6, 6.07) is 8.16. The zero-order valence-electron chi connectivity index (χ0n) is 7.26. The van der Waals surface area contributed by atoms with Gasteiger partial charge in [0.2, 0.25) is 0 Å². The number of ether oxygens (including phenoxy) is 1. The molecule has 0 N–H and O–H groups in total. The Morgan fingerprint density at radius 1 is 1.58 bits per heavy atom. The first-order valence-corrected chi connectivity index (χ1v) is 3.89. The zero-order valence-corrected chi connectivity index (χ0v) is 7.26. The number of benzene rings is 1. The minimum atomic E-state index is -0.284. The van der Waals surface area contributed by atoms with Crippen LogP contribution in [0.5, 0.6) is 0 Å². The standard InChI is InChI=1S/C10H11O2/c1-3-12-10(11)9-6-4-8(2)5-7-9/h4,6-7H,3H2,1-2H3. The summed E-state index contributed by atoms with van der Waals surface area (Å²) in [6.45, 7) is 4.12. The van der Waals surface area contributed by atoms with Crippen molar-refractivity contribution >= 4 is 5.97 Å². The molecule has 1 radical (unpaired) electrons. The predicted octanol–water partition coefficient (Wildman–Crippen LogP) is 1.97. The Morgan fingerprint density at radius 2 is 2.33 bits per heavy atom. The number of carbonyl (C=O) groups is 1. The van der Waals surface area contributed by atoms with E-state index >= 15 is 0 Å². The van der Waals surface area contributed by atoms with E-state index in [1.165, 1.54) is 0 Å². The third kappa shape index (κ3) is 2.09. The zero-order chi connectivity index (χ0) is 8.97. The van der Waals surface area contributed by atoms with E-state index < -0.39 is 0 Å². The first kappa shape index (κ1) is 8.78. The summed E-state index contributed by atoms with van der Waals surface area (Å²) in [5.41, 5.74) is 1.57. The van der Waals surface area contributed by atoms with E-state index in [4.69, 9.17) is 4.74 Å². The van der Waals surface area contributed by atoms with E-state index in [1.807, 2.05) is 13.0 Å². The molecule has 0 aliphatic rings. The van der Waals surface area contributed by atoms with Gasteiger partial charge in [-0.05, 0) is 37.6 Å². The number of esters is 1. The molecule has 1 aromatic rings. The van der Waals surface area contributed by atoms with E-state index in [9.17, 15) is 4.79 Å². The first-order valence-electron chi connectivity index (χ1n) is 3.89. The summed E-state index contributed by atoms with van der Waals surface area (Å²) >= 11 is 0. The van der Waals surface area contributed by atoms with Gasteiger partial charge in [0, 0.05) is 0 Å². The van der Waals surface area contributed by atoms with Gasteiger partial charge < -0.3 is 4.74 Å². The fraction of sp³-hybridized carbons (Fsp3) is 0.300. The van der Waals surface area contributed by atoms with Crippen LogP contribution in [0, 0.1) is 13.0 Å². The van der Waals surface area contributed by atoms with Gasteiger partial charge in [-0.3, -0.25) is 0 Å². The highest BCUT2D eigenvalue weighted by molar-refractivity contribution is 5.89. The summed E-state index contributed by atoms with van der Waals surface area (Å²) in [5.74, 6) is -0.284. The maximum atomic E-state index is 11.1. The molecule has 12 heavy (non-hydrogen) atoms. The summed E-state index contributed by atoms with van der Waals surface area (Å²) in [7, 11) is 0. The van der Waals surface area contributed by atoms with Crippen LogP contribution >= 0.6 is 0 Å². The van der Waals surface area contributed by atoms with Crippen molar-refractivity contribution in [2.75, 3.05) is 6.61 Å². The lowest BCUT2D eigenvalue weighted by Crippen LogP contribution is -2.04. The number of hydrogen-bond acceptors (Lipinski definition) is 2. The fourth-order valence-electron chi connectivity index (χ4n) is 0.844. The lowest BCUT2D eigenvalue weighted by atomic mass is 10.1. The molecule has 2 heteroatoms. The van der Waals surface area contributed by atoms with Crippen LogP contribution in [0.1, 0.15) is 22.8 Å². The van der Waals surface area contributed by atoms with Crippen LogP contribution in [0.4, 0.5) is 0 Å². The highest BCUT2D eigenvalue weighted by Crippen LogP contribution is 2.03. The molecule has 0 atom stereocenters.